The molecule has 2 heterocycles. The van der Waals surface area contributed by atoms with Crippen LogP contribution < -0.4 is 27.2 Å². The van der Waals surface area contributed by atoms with Crippen LogP contribution in [0.1, 0.15) is 28.1 Å². The number of anilines is 2. The molecule has 0 aliphatic rings. The van der Waals surface area contributed by atoms with E-state index in [2.05, 4.69) is 10.3 Å². The lowest BCUT2D eigenvalue weighted by atomic mass is 10.2. The van der Waals surface area contributed by atoms with E-state index in [-0.39, 0.29) is 43.3 Å². The first-order valence-electron chi connectivity index (χ1n) is 11.3. The molecule has 0 saturated carbocycles. The maximum Gasteiger partial charge on any atom is 0.330 e. The molecule has 4 aromatic rings. The Balaban J connectivity index is 1.64. The molecular weight excluding hydrogens is 462 g/mol. The Hall–Kier alpha value is -4.86. The fraction of sp³-hybridized carbons (Fsp3) is 0.154. The van der Waals surface area contributed by atoms with Gasteiger partial charge in [-0.25, -0.2) is 4.79 Å². The molecule has 2 amide bonds. The normalized spacial score (nSPS) is 10.7. The summed E-state index contributed by atoms with van der Waals surface area (Å²) in [5, 5.41) is 2.62. The van der Waals surface area contributed by atoms with Crippen LogP contribution in [0.3, 0.4) is 0 Å². The zero-order valence-corrected chi connectivity index (χ0v) is 19.3. The van der Waals surface area contributed by atoms with Crippen molar-refractivity contribution in [2.75, 3.05) is 17.2 Å². The average molecular weight is 488 g/mol. The number of H-pyrrole nitrogens is 1. The van der Waals surface area contributed by atoms with Gasteiger partial charge in [0.1, 0.15) is 5.82 Å². The number of carbonyl (C=O) groups excluding carboxylic acids is 2. The number of aromatic nitrogens is 2. The molecule has 0 radical (unpaired) electrons. The molecule has 0 aliphatic carbocycles. The molecule has 36 heavy (non-hydrogen) atoms. The van der Waals surface area contributed by atoms with Gasteiger partial charge >= 0.3 is 5.69 Å². The van der Waals surface area contributed by atoms with Gasteiger partial charge in [-0.15, -0.1) is 0 Å². The van der Waals surface area contributed by atoms with Crippen molar-refractivity contribution in [1.82, 2.24) is 14.9 Å². The van der Waals surface area contributed by atoms with E-state index in [9.17, 15) is 19.2 Å². The van der Waals surface area contributed by atoms with Gasteiger partial charge in [-0.3, -0.25) is 23.9 Å². The summed E-state index contributed by atoms with van der Waals surface area (Å²) in [6.45, 7) is 0.162. The summed E-state index contributed by atoms with van der Waals surface area (Å²) < 4.78 is 6.27. The average Bonchev–Trinajstić information content (AvgIpc) is 3.42. The molecule has 0 fully saturated rings. The Morgan fingerprint density at radius 3 is 2.25 bits per heavy atom. The van der Waals surface area contributed by atoms with Crippen molar-refractivity contribution in [1.29, 1.82) is 0 Å². The number of benzene rings is 2. The minimum Gasteiger partial charge on any atom is -0.459 e. The molecular formula is C26H25N5O5. The smallest absolute Gasteiger partial charge is 0.330 e. The Kier molecular flexibility index (Phi) is 7.45. The first kappa shape index (κ1) is 24.3. The van der Waals surface area contributed by atoms with Crippen LogP contribution >= 0.6 is 0 Å². The topological polar surface area (TPSA) is 143 Å². The number of nitrogens with zero attached hydrogens (tertiary/aromatic N) is 2. The maximum atomic E-state index is 13.3. The van der Waals surface area contributed by atoms with E-state index >= 15 is 0 Å². The Labute approximate surface area is 206 Å². The lowest BCUT2D eigenvalue weighted by molar-refractivity contribution is -0.118. The second-order valence-electron chi connectivity index (χ2n) is 8.01. The van der Waals surface area contributed by atoms with Gasteiger partial charge < -0.3 is 20.4 Å². The highest BCUT2D eigenvalue weighted by atomic mass is 16.3. The zero-order chi connectivity index (χ0) is 25.5. The van der Waals surface area contributed by atoms with Crippen LogP contribution in [0.25, 0.3) is 0 Å². The van der Waals surface area contributed by atoms with Crippen LogP contribution in [-0.4, -0.2) is 27.9 Å². The molecule has 0 aliphatic heterocycles. The summed E-state index contributed by atoms with van der Waals surface area (Å²) in [4.78, 5) is 54.5. The molecule has 0 spiro atoms. The molecule has 10 nitrogen and oxygen atoms in total. The number of aromatic amines is 1. The molecule has 0 saturated heterocycles. The lowest BCUT2D eigenvalue weighted by Crippen LogP contribution is -2.42. The number of hydrogen-bond acceptors (Lipinski definition) is 6. The SMILES string of the molecule is Nc1c(N(Cc2ccccc2)C(=O)CCNC(=O)c2ccco2)c(=O)[nH]c(=O)n1Cc1ccccc1. The van der Waals surface area contributed by atoms with E-state index in [0.29, 0.717) is 0 Å². The van der Waals surface area contributed by atoms with Crippen molar-refractivity contribution in [2.45, 2.75) is 19.5 Å². The Morgan fingerprint density at radius 2 is 1.61 bits per heavy atom. The monoisotopic (exact) mass is 487 g/mol. The van der Waals surface area contributed by atoms with Crippen LogP contribution in [0.5, 0.6) is 0 Å². The maximum absolute atomic E-state index is 13.3. The zero-order valence-electron chi connectivity index (χ0n) is 19.3. The van der Waals surface area contributed by atoms with Crippen LogP contribution in [0.2, 0.25) is 0 Å². The molecule has 184 valence electrons. The van der Waals surface area contributed by atoms with Crippen molar-refractivity contribution in [3.63, 3.8) is 0 Å². The van der Waals surface area contributed by atoms with Crippen LogP contribution in [0, 0.1) is 0 Å². The standard InChI is InChI=1S/C26H25N5O5/c27-23-22(25(34)29-26(35)31(23)17-19-10-5-2-6-11-19)30(16-18-8-3-1-4-9-18)21(32)13-14-28-24(33)20-12-7-15-36-20/h1-12,15H,13-14,16-17,27H2,(H,28,33)(H,29,34,35). The second-order valence-corrected chi connectivity index (χ2v) is 8.01. The molecule has 4 rings (SSSR count). The van der Waals surface area contributed by atoms with E-state index in [1.807, 2.05) is 60.7 Å². The number of nitrogens with two attached hydrogens (primary N) is 1. The lowest BCUT2D eigenvalue weighted by Gasteiger charge is -2.25. The minimum absolute atomic E-state index is 0.00508. The molecule has 0 bridgehead atoms. The number of furan rings is 1. The number of nitrogen functional groups attached to an aromatic ring is 1. The second kappa shape index (κ2) is 11.0. The fourth-order valence-electron chi connectivity index (χ4n) is 3.73. The van der Waals surface area contributed by atoms with Crippen LogP contribution in [-0.2, 0) is 17.9 Å². The van der Waals surface area contributed by atoms with Crippen molar-refractivity contribution >= 4 is 23.3 Å². The van der Waals surface area contributed by atoms with Gasteiger partial charge in [0.05, 0.1) is 19.4 Å². The third-order valence-corrected chi connectivity index (χ3v) is 5.52. The number of amides is 2. The minimum atomic E-state index is -0.772. The van der Waals surface area contributed by atoms with E-state index < -0.39 is 23.1 Å². The summed E-state index contributed by atoms with van der Waals surface area (Å²) in [6, 6.07) is 21.3. The molecule has 0 atom stereocenters. The van der Waals surface area contributed by atoms with Crippen molar-refractivity contribution < 1.29 is 14.0 Å². The van der Waals surface area contributed by atoms with E-state index in [4.69, 9.17) is 10.2 Å². The molecule has 2 aromatic carbocycles. The van der Waals surface area contributed by atoms with Gasteiger partial charge in [-0.2, -0.15) is 0 Å². The first-order chi connectivity index (χ1) is 17.4. The molecule has 0 unspecified atom stereocenters. The predicted molar refractivity (Wildman–Crippen MR) is 135 cm³/mol. The predicted octanol–water partition coefficient (Wildman–Crippen LogP) is 2.11. The van der Waals surface area contributed by atoms with Crippen LogP contribution in [0.15, 0.2) is 93.1 Å². The number of nitrogens with one attached hydrogen (secondary N) is 2. The van der Waals surface area contributed by atoms with Crippen LogP contribution in [0.4, 0.5) is 11.5 Å². The summed E-state index contributed by atoms with van der Waals surface area (Å²) in [7, 11) is 0. The Morgan fingerprint density at radius 1 is 0.944 bits per heavy atom. The molecule has 10 heteroatoms. The summed E-state index contributed by atoms with van der Waals surface area (Å²) >= 11 is 0. The van der Waals surface area contributed by atoms with Gasteiger partial charge in [0.15, 0.2) is 11.4 Å². The highest BCUT2D eigenvalue weighted by Gasteiger charge is 2.25. The molecule has 2 aromatic heterocycles. The third-order valence-electron chi connectivity index (χ3n) is 5.52. The van der Waals surface area contributed by atoms with E-state index in [0.717, 1.165) is 11.1 Å². The molecule has 4 N–H and O–H groups in total. The first-order valence-corrected chi connectivity index (χ1v) is 11.3. The highest BCUT2D eigenvalue weighted by Crippen LogP contribution is 2.21. The number of carbonyl (C=O) groups is 2. The number of hydrogen-bond donors (Lipinski definition) is 3. The van der Waals surface area contributed by atoms with Gasteiger partial charge in [0, 0.05) is 13.0 Å². The van der Waals surface area contributed by atoms with Gasteiger partial charge in [-0.1, -0.05) is 60.7 Å². The van der Waals surface area contributed by atoms with Gasteiger partial charge in [0.2, 0.25) is 5.91 Å². The van der Waals surface area contributed by atoms with Gasteiger partial charge in [0.25, 0.3) is 11.5 Å². The van der Waals surface area contributed by atoms with Crippen molar-refractivity contribution in [3.05, 3.63) is 117 Å². The van der Waals surface area contributed by atoms with E-state index in [1.54, 1.807) is 6.07 Å². The van der Waals surface area contributed by atoms with E-state index in [1.165, 1.54) is 21.8 Å². The number of rotatable bonds is 9. The van der Waals surface area contributed by atoms with Crippen molar-refractivity contribution in [2.24, 2.45) is 0 Å². The largest absolute Gasteiger partial charge is 0.459 e. The van der Waals surface area contributed by atoms with Crippen molar-refractivity contribution in [3.8, 4) is 0 Å². The summed E-state index contributed by atoms with van der Waals surface area (Å²) in [6.07, 6.45) is 1.26. The summed E-state index contributed by atoms with van der Waals surface area (Å²) in [5.41, 5.74) is 6.31. The Bertz CT molecular complexity index is 1440. The fourth-order valence-corrected chi connectivity index (χ4v) is 3.73. The quantitative estimate of drug-likeness (QED) is 0.330. The van der Waals surface area contributed by atoms with Gasteiger partial charge in [-0.05, 0) is 23.3 Å². The summed E-state index contributed by atoms with van der Waals surface area (Å²) in [5.74, 6) is -0.925. The third kappa shape index (κ3) is 5.61. The highest BCUT2D eigenvalue weighted by molar-refractivity contribution is 5.96.